The number of hydrogen-bond donors (Lipinski definition) is 1. The fourth-order valence-corrected chi connectivity index (χ4v) is 4.52. The molecule has 0 unspecified atom stereocenters. The van der Waals surface area contributed by atoms with Crippen molar-refractivity contribution in [3.05, 3.63) is 33.8 Å². The fraction of sp³-hybridized carbons (Fsp3) is 0.429. The second-order valence-electron chi connectivity index (χ2n) is 5.64. The predicted molar refractivity (Wildman–Crippen MR) is 83.2 cm³/mol. The molecule has 116 valence electrons. The van der Waals surface area contributed by atoms with E-state index in [4.69, 9.17) is 16.3 Å². The summed E-state index contributed by atoms with van der Waals surface area (Å²) in [7, 11) is 0. The van der Waals surface area contributed by atoms with Gasteiger partial charge in [0.2, 0.25) is 0 Å². The Morgan fingerprint density at radius 3 is 3.09 bits per heavy atom. The van der Waals surface area contributed by atoms with Gasteiger partial charge in [0.1, 0.15) is 10.4 Å². The van der Waals surface area contributed by atoms with Crippen molar-refractivity contribution in [2.24, 2.45) is 5.92 Å². The molecule has 6 nitrogen and oxygen atoms in total. The lowest BCUT2D eigenvalue weighted by Crippen LogP contribution is -2.39. The van der Waals surface area contributed by atoms with Gasteiger partial charge in [-0.15, -0.1) is 0 Å². The molecule has 4 rings (SSSR count). The van der Waals surface area contributed by atoms with Gasteiger partial charge in [0, 0.05) is 12.1 Å². The number of amides is 1. The molecule has 2 aliphatic heterocycles. The minimum Gasteiger partial charge on any atom is -0.465 e. The van der Waals surface area contributed by atoms with Crippen molar-refractivity contribution in [3.8, 4) is 0 Å². The number of pyridine rings is 1. The Kier molecular flexibility index (Phi) is 3.32. The highest BCUT2D eigenvalue weighted by Crippen LogP contribution is 2.43. The average Bonchev–Trinajstić information content (AvgIpc) is 3.10. The predicted octanol–water partition coefficient (Wildman–Crippen LogP) is 3.19. The molecule has 22 heavy (non-hydrogen) atoms. The molecule has 1 amide bonds. The maximum atomic E-state index is 11.7. The van der Waals surface area contributed by atoms with Crippen LogP contribution in [0.4, 0.5) is 4.79 Å². The Labute approximate surface area is 139 Å². The normalized spacial score (nSPS) is 27.5. The van der Waals surface area contributed by atoms with Gasteiger partial charge in [-0.1, -0.05) is 11.6 Å². The number of likely N-dealkylation sites (tertiary alicyclic amines) is 1. The van der Waals surface area contributed by atoms with Crippen LogP contribution in [0.1, 0.15) is 18.3 Å². The van der Waals surface area contributed by atoms with E-state index in [9.17, 15) is 9.90 Å². The zero-order valence-electron chi connectivity index (χ0n) is 11.4. The third-order valence-corrected chi connectivity index (χ3v) is 5.36. The highest BCUT2D eigenvalue weighted by Gasteiger charge is 2.49. The molecule has 2 fully saturated rings. The number of rotatable bonds is 1. The van der Waals surface area contributed by atoms with Crippen LogP contribution in [0.15, 0.2) is 22.9 Å². The van der Waals surface area contributed by atoms with Crippen molar-refractivity contribution >= 4 is 39.1 Å². The molecule has 8 heteroatoms. The number of imidazole rings is 1. The Bertz CT molecular complexity index is 765. The molecule has 0 radical (unpaired) electrons. The number of halogens is 2. The molecule has 0 aromatic carbocycles. The summed E-state index contributed by atoms with van der Waals surface area (Å²) in [4.78, 5) is 17.8. The number of ether oxygens (including phenoxy) is 1. The van der Waals surface area contributed by atoms with Crippen LogP contribution in [-0.4, -0.2) is 44.7 Å². The van der Waals surface area contributed by atoms with E-state index in [1.165, 1.54) is 4.90 Å². The number of nitrogens with zero attached hydrogens (tertiary/aromatic N) is 3. The fourth-order valence-electron chi connectivity index (χ4n) is 3.57. The maximum absolute atomic E-state index is 11.7. The van der Waals surface area contributed by atoms with E-state index in [-0.39, 0.29) is 18.0 Å². The minimum absolute atomic E-state index is 0.0900. The lowest BCUT2D eigenvalue weighted by Gasteiger charge is -2.25. The first-order chi connectivity index (χ1) is 10.6. The topological polar surface area (TPSA) is 67.1 Å². The molecule has 0 aliphatic carbocycles. The van der Waals surface area contributed by atoms with Crippen LogP contribution in [0.3, 0.4) is 0 Å². The van der Waals surface area contributed by atoms with Crippen molar-refractivity contribution in [3.63, 3.8) is 0 Å². The van der Waals surface area contributed by atoms with Gasteiger partial charge in [0.05, 0.1) is 35.8 Å². The number of carbonyl (C=O) groups is 1. The average molecular weight is 387 g/mol. The van der Waals surface area contributed by atoms with Gasteiger partial charge in [-0.2, -0.15) is 0 Å². The zero-order valence-corrected chi connectivity index (χ0v) is 13.8. The lowest BCUT2D eigenvalue weighted by molar-refractivity contribution is 0.0978. The van der Waals surface area contributed by atoms with Gasteiger partial charge in [-0.25, -0.2) is 9.78 Å². The van der Waals surface area contributed by atoms with Crippen LogP contribution in [0.2, 0.25) is 5.02 Å². The van der Waals surface area contributed by atoms with Crippen molar-refractivity contribution in [2.75, 3.05) is 13.2 Å². The Hall–Kier alpha value is -1.31. The van der Waals surface area contributed by atoms with Gasteiger partial charge < -0.3 is 9.84 Å². The van der Waals surface area contributed by atoms with Gasteiger partial charge in [-0.05, 0) is 34.5 Å². The molecule has 0 saturated carbocycles. The number of fused-ring (bicyclic) bond motifs is 2. The number of hydrogen-bond acceptors (Lipinski definition) is 3. The lowest BCUT2D eigenvalue weighted by atomic mass is 10.0. The first-order valence-electron chi connectivity index (χ1n) is 6.99. The summed E-state index contributed by atoms with van der Waals surface area (Å²) in [5.74, 6) is 0.924. The number of carboxylic acid groups (broad SMARTS) is 1. The molecule has 0 spiro atoms. The quantitative estimate of drug-likeness (QED) is 0.817. The maximum Gasteiger partial charge on any atom is 0.408 e. The van der Waals surface area contributed by atoms with Crippen molar-refractivity contribution < 1.29 is 14.6 Å². The van der Waals surface area contributed by atoms with Crippen LogP contribution in [-0.2, 0) is 4.74 Å². The smallest absolute Gasteiger partial charge is 0.408 e. The molecule has 2 saturated heterocycles. The van der Waals surface area contributed by atoms with Gasteiger partial charge >= 0.3 is 6.09 Å². The summed E-state index contributed by atoms with van der Waals surface area (Å²) in [6.45, 7) is 1.06. The summed E-state index contributed by atoms with van der Waals surface area (Å²) < 4.78 is 7.93. The first-order valence-corrected chi connectivity index (χ1v) is 8.16. The monoisotopic (exact) mass is 385 g/mol. The largest absolute Gasteiger partial charge is 0.465 e. The van der Waals surface area contributed by atoms with Crippen LogP contribution in [0.25, 0.3) is 5.52 Å². The van der Waals surface area contributed by atoms with E-state index < -0.39 is 6.09 Å². The number of aromatic nitrogens is 2. The molecular formula is C14H13BrClN3O3. The molecule has 1 N–H and O–H groups in total. The van der Waals surface area contributed by atoms with Gasteiger partial charge in [-0.3, -0.25) is 9.30 Å². The summed E-state index contributed by atoms with van der Waals surface area (Å²) in [5, 5.41) is 10.2. The van der Waals surface area contributed by atoms with Crippen molar-refractivity contribution in [1.29, 1.82) is 0 Å². The molecule has 0 bridgehead atoms. The zero-order chi connectivity index (χ0) is 15.4. The summed E-state index contributed by atoms with van der Waals surface area (Å²) in [5.41, 5.74) is 0.762. The summed E-state index contributed by atoms with van der Waals surface area (Å²) >= 11 is 9.66. The Morgan fingerprint density at radius 1 is 1.50 bits per heavy atom. The minimum atomic E-state index is -0.932. The van der Waals surface area contributed by atoms with E-state index in [1.807, 2.05) is 16.7 Å². The highest BCUT2D eigenvalue weighted by atomic mass is 79.9. The molecule has 2 aromatic rings. The van der Waals surface area contributed by atoms with Crippen LogP contribution < -0.4 is 0 Å². The van der Waals surface area contributed by atoms with E-state index in [1.54, 1.807) is 6.07 Å². The van der Waals surface area contributed by atoms with E-state index in [0.29, 0.717) is 28.7 Å². The first kappa shape index (κ1) is 14.3. The van der Waals surface area contributed by atoms with Gasteiger partial charge in [0.15, 0.2) is 0 Å². The SMILES string of the molecule is O=C(O)N1[C@@H]2COC[C@@H]2C[C@H]1c1nc(Br)c2c(Cl)cccn12. The standard InChI is InChI=1S/C14H13BrClN3O3/c15-12-11-8(16)2-1-3-18(11)13(17-12)9-4-7-5-22-6-10(7)19(9)14(20)21/h1-3,7,9-10H,4-6H2,(H,20,21)/t7-,9-,10+/m0/s1. The molecule has 2 aromatic heterocycles. The second kappa shape index (κ2) is 5.11. The second-order valence-corrected chi connectivity index (χ2v) is 6.80. The molecular weight excluding hydrogens is 374 g/mol. The summed E-state index contributed by atoms with van der Waals surface area (Å²) in [6.07, 6.45) is 1.64. The van der Waals surface area contributed by atoms with Crippen LogP contribution in [0.5, 0.6) is 0 Å². The van der Waals surface area contributed by atoms with E-state index in [0.717, 1.165) is 11.9 Å². The molecule has 3 atom stereocenters. The van der Waals surface area contributed by atoms with Crippen LogP contribution >= 0.6 is 27.5 Å². The van der Waals surface area contributed by atoms with E-state index in [2.05, 4.69) is 20.9 Å². The van der Waals surface area contributed by atoms with Crippen molar-refractivity contribution in [1.82, 2.24) is 14.3 Å². The Morgan fingerprint density at radius 2 is 2.32 bits per heavy atom. The van der Waals surface area contributed by atoms with E-state index >= 15 is 0 Å². The van der Waals surface area contributed by atoms with Crippen LogP contribution in [0, 0.1) is 5.92 Å². The third kappa shape index (κ3) is 1.96. The third-order valence-electron chi connectivity index (χ3n) is 4.50. The Balaban J connectivity index is 1.85. The highest BCUT2D eigenvalue weighted by molar-refractivity contribution is 9.10. The van der Waals surface area contributed by atoms with Gasteiger partial charge in [0.25, 0.3) is 0 Å². The molecule has 4 heterocycles. The molecule has 2 aliphatic rings. The van der Waals surface area contributed by atoms with Crippen molar-refractivity contribution in [2.45, 2.75) is 18.5 Å². The summed E-state index contributed by atoms with van der Waals surface area (Å²) in [6, 6.07) is 3.25.